The van der Waals surface area contributed by atoms with Crippen molar-refractivity contribution in [1.82, 2.24) is 15.5 Å². The first-order chi connectivity index (χ1) is 11.2. The zero-order chi connectivity index (χ0) is 16.5. The molecule has 0 unspecified atom stereocenters. The Balaban J connectivity index is 0.00000288. The lowest BCUT2D eigenvalue weighted by Gasteiger charge is -2.26. The monoisotopic (exact) mass is 444 g/mol. The molecule has 1 aromatic rings. The van der Waals surface area contributed by atoms with E-state index in [1.54, 1.807) is 7.05 Å². The van der Waals surface area contributed by atoms with Gasteiger partial charge in [0.25, 0.3) is 5.91 Å². The Morgan fingerprint density at radius 3 is 2.38 bits per heavy atom. The molecule has 5 nitrogen and oxygen atoms in total. The lowest BCUT2D eigenvalue weighted by Crippen LogP contribution is -2.37. The van der Waals surface area contributed by atoms with Crippen LogP contribution < -0.4 is 10.6 Å². The minimum absolute atomic E-state index is 0. The number of guanidine groups is 1. The molecular formula is C18H29IN4O. The number of nitrogens with one attached hydrogen (secondary N) is 2. The lowest BCUT2D eigenvalue weighted by atomic mass is 10.1. The molecule has 0 saturated carbocycles. The van der Waals surface area contributed by atoms with E-state index in [1.807, 2.05) is 29.2 Å². The SMILES string of the molecule is CCCNC(=NC)NCc1ccc(C(=O)N2CCCCC2)cc1.I. The van der Waals surface area contributed by atoms with Gasteiger partial charge in [-0.15, -0.1) is 24.0 Å². The van der Waals surface area contributed by atoms with E-state index in [9.17, 15) is 4.79 Å². The second kappa shape index (κ2) is 11.3. The van der Waals surface area contributed by atoms with Gasteiger partial charge in [0.15, 0.2) is 5.96 Å². The molecule has 24 heavy (non-hydrogen) atoms. The average Bonchev–Trinajstić information content (AvgIpc) is 2.62. The van der Waals surface area contributed by atoms with E-state index >= 15 is 0 Å². The first-order valence-corrected chi connectivity index (χ1v) is 8.57. The van der Waals surface area contributed by atoms with Gasteiger partial charge in [0.1, 0.15) is 0 Å². The Bertz CT molecular complexity index is 524. The van der Waals surface area contributed by atoms with E-state index in [2.05, 4.69) is 22.5 Å². The fraction of sp³-hybridized carbons (Fsp3) is 0.556. The quantitative estimate of drug-likeness (QED) is 0.417. The predicted octanol–water partition coefficient (Wildman–Crippen LogP) is 3.01. The van der Waals surface area contributed by atoms with Crippen molar-refractivity contribution in [3.63, 3.8) is 0 Å². The zero-order valence-electron chi connectivity index (χ0n) is 14.7. The van der Waals surface area contributed by atoms with Gasteiger partial charge in [-0.1, -0.05) is 19.1 Å². The third kappa shape index (κ3) is 6.30. The standard InChI is InChI=1S/C18H28N4O.HI/c1-3-11-20-18(19-2)21-14-15-7-9-16(10-8-15)17(23)22-12-5-4-6-13-22;/h7-10H,3-6,11-14H2,1-2H3,(H2,19,20,21);1H. The summed E-state index contributed by atoms with van der Waals surface area (Å²) in [6, 6.07) is 7.88. The van der Waals surface area contributed by atoms with Crippen LogP contribution in [0.25, 0.3) is 0 Å². The number of hydrogen-bond donors (Lipinski definition) is 2. The minimum atomic E-state index is 0. The topological polar surface area (TPSA) is 56.7 Å². The Labute approximate surface area is 162 Å². The Hall–Kier alpha value is -1.31. The fourth-order valence-corrected chi connectivity index (χ4v) is 2.69. The van der Waals surface area contributed by atoms with Crippen molar-refractivity contribution in [3.05, 3.63) is 35.4 Å². The third-order valence-electron chi connectivity index (χ3n) is 4.07. The van der Waals surface area contributed by atoms with Gasteiger partial charge in [0.2, 0.25) is 0 Å². The minimum Gasteiger partial charge on any atom is -0.356 e. The van der Waals surface area contributed by atoms with Gasteiger partial charge in [-0.05, 0) is 43.4 Å². The van der Waals surface area contributed by atoms with Crippen LogP contribution in [0.4, 0.5) is 0 Å². The van der Waals surface area contributed by atoms with E-state index in [0.29, 0.717) is 6.54 Å². The van der Waals surface area contributed by atoms with Crippen molar-refractivity contribution in [1.29, 1.82) is 0 Å². The highest BCUT2D eigenvalue weighted by atomic mass is 127. The van der Waals surface area contributed by atoms with Gasteiger partial charge in [0.05, 0.1) is 0 Å². The fourth-order valence-electron chi connectivity index (χ4n) is 2.69. The normalized spacial score (nSPS) is 14.8. The van der Waals surface area contributed by atoms with Crippen LogP contribution in [-0.4, -0.2) is 43.4 Å². The molecule has 0 aromatic heterocycles. The number of carbonyl (C=O) groups is 1. The molecule has 1 heterocycles. The molecule has 6 heteroatoms. The van der Waals surface area contributed by atoms with Gasteiger partial charge in [-0.25, -0.2) is 0 Å². The van der Waals surface area contributed by atoms with Crippen LogP contribution in [0.2, 0.25) is 0 Å². The van der Waals surface area contributed by atoms with Crippen LogP contribution in [-0.2, 0) is 6.54 Å². The van der Waals surface area contributed by atoms with Crippen LogP contribution in [0.15, 0.2) is 29.3 Å². The van der Waals surface area contributed by atoms with E-state index in [4.69, 9.17) is 0 Å². The summed E-state index contributed by atoms with van der Waals surface area (Å²) < 4.78 is 0. The Morgan fingerprint density at radius 2 is 1.79 bits per heavy atom. The summed E-state index contributed by atoms with van der Waals surface area (Å²) in [6.45, 7) is 5.51. The van der Waals surface area contributed by atoms with Gasteiger partial charge < -0.3 is 15.5 Å². The smallest absolute Gasteiger partial charge is 0.253 e. The number of benzene rings is 1. The maximum absolute atomic E-state index is 12.4. The van der Waals surface area contributed by atoms with Crippen molar-refractivity contribution < 1.29 is 4.79 Å². The molecule has 134 valence electrons. The number of carbonyl (C=O) groups excluding carboxylic acids is 1. The number of nitrogens with zero attached hydrogens (tertiary/aromatic N) is 2. The van der Waals surface area contributed by atoms with Crippen molar-refractivity contribution in [3.8, 4) is 0 Å². The average molecular weight is 444 g/mol. The number of aliphatic imine (C=N–C) groups is 1. The van der Waals surface area contributed by atoms with Crippen molar-refractivity contribution in [2.24, 2.45) is 4.99 Å². The van der Waals surface area contributed by atoms with Crippen LogP contribution in [0, 0.1) is 0 Å². The number of piperidine rings is 1. The number of halogens is 1. The van der Waals surface area contributed by atoms with Crippen LogP contribution in [0.5, 0.6) is 0 Å². The Morgan fingerprint density at radius 1 is 1.12 bits per heavy atom. The molecule has 1 aliphatic rings. The van der Waals surface area contributed by atoms with E-state index in [0.717, 1.165) is 56.0 Å². The highest BCUT2D eigenvalue weighted by molar-refractivity contribution is 14.0. The molecule has 0 atom stereocenters. The molecule has 1 saturated heterocycles. The second-order valence-corrected chi connectivity index (χ2v) is 5.90. The molecule has 1 amide bonds. The van der Waals surface area contributed by atoms with Crippen LogP contribution in [0.3, 0.4) is 0 Å². The maximum atomic E-state index is 12.4. The summed E-state index contributed by atoms with van der Waals surface area (Å²) in [5.41, 5.74) is 1.92. The molecule has 0 aliphatic carbocycles. The molecule has 2 rings (SSSR count). The molecule has 0 radical (unpaired) electrons. The molecule has 1 aliphatic heterocycles. The second-order valence-electron chi connectivity index (χ2n) is 5.90. The lowest BCUT2D eigenvalue weighted by molar-refractivity contribution is 0.0724. The number of likely N-dealkylation sites (tertiary alicyclic amines) is 1. The summed E-state index contributed by atoms with van der Waals surface area (Å²) in [5.74, 6) is 0.963. The highest BCUT2D eigenvalue weighted by Gasteiger charge is 2.17. The van der Waals surface area contributed by atoms with Gasteiger partial charge in [0, 0.05) is 38.8 Å². The zero-order valence-corrected chi connectivity index (χ0v) is 17.0. The number of rotatable bonds is 5. The Kier molecular flexibility index (Phi) is 9.75. The molecule has 1 aromatic carbocycles. The van der Waals surface area contributed by atoms with E-state index < -0.39 is 0 Å². The first kappa shape index (κ1) is 20.7. The highest BCUT2D eigenvalue weighted by Crippen LogP contribution is 2.13. The largest absolute Gasteiger partial charge is 0.356 e. The van der Waals surface area contributed by atoms with Crippen LogP contribution >= 0.6 is 24.0 Å². The van der Waals surface area contributed by atoms with Crippen molar-refractivity contribution >= 4 is 35.8 Å². The predicted molar refractivity (Wildman–Crippen MR) is 110 cm³/mol. The molecule has 0 spiro atoms. The van der Waals surface area contributed by atoms with E-state index in [1.165, 1.54) is 6.42 Å². The van der Waals surface area contributed by atoms with Gasteiger partial charge in [-0.3, -0.25) is 9.79 Å². The molecule has 0 bridgehead atoms. The number of amides is 1. The van der Waals surface area contributed by atoms with Crippen molar-refractivity contribution in [2.45, 2.75) is 39.2 Å². The summed E-state index contributed by atoms with van der Waals surface area (Å²) in [4.78, 5) is 18.6. The van der Waals surface area contributed by atoms with Crippen LogP contribution in [0.1, 0.15) is 48.5 Å². The first-order valence-electron chi connectivity index (χ1n) is 8.57. The summed E-state index contributed by atoms with van der Waals surface area (Å²) in [5, 5.41) is 6.52. The van der Waals surface area contributed by atoms with Gasteiger partial charge in [-0.2, -0.15) is 0 Å². The molecule has 1 fully saturated rings. The third-order valence-corrected chi connectivity index (χ3v) is 4.07. The van der Waals surface area contributed by atoms with Crippen molar-refractivity contribution in [2.75, 3.05) is 26.7 Å². The molecular weight excluding hydrogens is 415 g/mol. The van der Waals surface area contributed by atoms with E-state index in [-0.39, 0.29) is 29.9 Å². The summed E-state index contributed by atoms with van der Waals surface area (Å²) in [6.07, 6.45) is 4.55. The molecule has 2 N–H and O–H groups in total. The summed E-state index contributed by atoms with van der Waals surface area (Å²) in [7, 11) is 1.77. The summed E-state index contributed by atoms with van der Waals surface area (Å²) >= 11 is 0. The maximum Gasteiger partial charge on any atom is 0.253 e. The van der Waals surface area contributed by atoms with Gasteiger partial charge >= 0.3 is 0 Å². The number of hydrogen-bond acceptors (Lipinski definition) is 2.